The van der Waals surface area contributed by atoms with Gasteiger partial charge in [-0.25, -0.2) is 0 Å². The van der Waals surface area contributed by atoms with Crippen LogP contribution in [-0.2, 0) is 6.42 Å². The summed E-state index contributed by atoms with van der Waals surface area (Å²) in [5.41, 5.74) is 1.07. The van der Waals surface area contributed by atoms with Crippen molar-refractivity contribution in [3.8, 4) is 17.2 Å². The van der Waals surface area contributed by atoms with E-state index in [0.717, 1.165) is 49.1 Å². The van der Waals surface area contributed by atoms with Crippen LogP contribution in [0.3, 0.4) is 0 Å². The molecule has 0 spiro atoms. The van der Waals surface area contributed by atoms with E-state index < -0.39 is 0 Å². The first-order valence-corrected chi connectivity index (χ1v) is 11.6. The molecular formula is C24H33N3O3S. The number of methoxy groups -OCH3 is 3. The molecule has 0 aliphatic carbocycles. The van der Waals surface area contributed by atoms with E-state index in [9.17, 15) is 0 Å². The molecule has 1 N–H and O–H groups in total. The molecule has 0 amide bonds. The van der Waals surface area contributed by atoms with E-state index in [0.29, 0.717) is 17.4 Å². The number of hydrogen-bond donors (Lipinski definition) is 1. The summed E-state index contributed by atoms with van der Waals surface area (Å²) < 4.78 is 16.5. The van der Waals surface area contributed by atoms with Gasteiger partial charge in [-0.15, -0.1) is 11.8 Å². The molecule has 168 valence electrons. The van der Waals surface area contributed by atoms with Gasteiger partial charge in [0.25, 0.3) is 0 Å². The summed E-state index contributed by atoms with van der Waals surface area (Å²) in [6.45, 7) is 2.84. The van der Waals surface area contributed by atoms with Crippen molar-refractivity contribution in [1.82, 2.24) is 10.2 Å². The summed E-state index contributed by atoms with van der Waals surface area (Å²) >= 11 is 1.94. The Labute approximate surface area is 190 Å². The third kappa shape index (κ3) is 6.00. The lowest BCUT2D eigenvalue weighted by atomic mass is 10.1. The van der Waals surface area contributed by atoms with Crippen molar-refractivity contribution in [3.05, 3.63) is 48.0 Å². The average Bonchev–Trinajstić information content (AvgIpc) is 3.29. The fourth-order valence-electron chi connectivity index (χ4n) is 3.89. The van der Waals surface area contributed by atoms with Crippen molar-refractivity contribution >= 4 is 17.7 Å². The molecule has 1 aliphatic rings. The van der Waals surface area contributed by atoms with Crippen molar-refractivity contribution in [3.63, 3.8) is 0 Å². The van der Waals surface area contributed by atoms with Crippen LogP contribution in [0.5, 0.6) is 17.2 Å². The lowest BCUT2D eigenvalue weighted by Gasteiger charge is -2.22. The maximum absolute atomic E-state index is 5.60. The summed E-state index contributed by atoms with van der Waals surface area (Å²) in [5, 5.41) is 3.51. The minimum atomic E-state index is 0.630. The SMILES string of the molecule is CN=C(NCCc1ccc(OC)c(OC)c1OC)N1CCC(CSc2ccccc2)C1. The third-order valence-electron chi connectivity index (χ3n) is 5.49. The van der Waals surface area contributed by atoms with Crippen molar-refractivity contribution in [1.29, 1.82) is 0 Å². The molecule has 31 heavy (non-hydrogen) atoms. The van der Waals surface area contributed by atoms with Gasteiger partial charge in [-0.3, -0.25) is 4.99 Å². The highest BCUT2D eigenvalue weighted by Gasteiger charge is 2.25. The van der Waals surface area contributed by atoms with Gasteiger partial charge in [0.15, 0.2) is 17.5 Å². The van der Waals surface area contributed by atoms with Crippen LogP contribution in [-0.4, -0.2) is 64.6 Å². The number of guanidine groups is 1. The minimum Gasteiger partial charge on any atom is -0.493 e. The summed E-state index contributed by atoms with van der Waals surface area (Å²) in [6.07, 6.45) is 1.99. The molecule has 3 rings (SSSR count). The van der Waals surface area contributed by atoms with Crippen LogP contribution in [0.15, 0.2) is 52.4 Å². The van der Waals surface area contributed by atoms with Crippen molar-refractivity contribution in [2.45, 2.75) is 17.7 Å². The second kappa shape index (κ2) is 11.7. The van der Waals surface area contributed by atoms with Gasteiger partial charge >= 0.3 is 0 Å². The number of nitrogens with one attached hydrogen (secondary N) is 1. The van der Waals surface area contributed by atoms with Crippen LogP contribution in [0.25, 0.3) is 0 Å². The first-order valence-electron chi connectivity index (χ1n) is 10.6. The van der Waals surface area contributed by atoms with Gasteiger partial charge in [-0.2, -0.15) is 0 Å². The normalized spacial score (nSPS) is 16.3. The molecule has 1 saturated heterocycles. The van der Waals surface area contributed by atoms with Gasteiger partial charge < -0.3 is 24.4 Å². The zero-order valence-corrected chi connectivity index (χ0v) is 19.7. The number of nitrogens with zero attached hydrogens (tertiary/aromatic N) is 2. The maximum atomic E-state index is 5.60. The van der Waals surface area contributed by atoms with Crippen LogP contribution in [0.2, 0.25) is 0 Å². The highest BCUT2D eigenvalue weighted by molar-refractivity contribution is 7.99. The summed E-state index contributed by atoms with van der Waals surface area (Å²) in [4.78, 5) is 8.21. The fourth-order valence-corrected chi connectivity index (χ4v) is 4.94. The molecule has 7 heteroatoms. The van der Waals surface area contributed by atoms with E-state index in [1.807, 2.05) is 30.9 Å². The van der Waals surface area contributed by atoms with E-state index in [1.165, 1.54) is 11.3 Å². The number of benzene rings is 2. The summed E-state index contributed by atoms with van der Waals surface area (Å²) in [6, 6.07) is 14.6. The average molecular weight is 444 g/mol. The van der Waals surface area contributed by atoms with Crippen LogP contribution in [0.4, 0.5) is 0 Å². The lowest BCUT2D eigenvalue weighted by molar-refractivity contribution is 0.322. The molecule has 1 heterocycles. The Morgan fingerprint density at radius 3 is 2.52 bits per heavy atom. The molecule has 0 saturated carbocycles. The van der Waals surface area contributed by atoms with Crippen LogP contribution < -0.4 is 19.5 Å². The molecular weight excluding hydrogens is 410 g/mol. The van der Waals surface area contributed by atoms with E-state index in [4.69, 9.17) is 14.2 Å². The number of rotatable bonds is 9. The van der Waals surface area contributed by atoms with Gasteiger partial charge in [-0.1, -0.05) is 24.3 Å². The minimum absolute atomic E-state index is 0.630. The number of hydrogen-bond acceptors (Lipinski definition) is 5. The number of ether oxygens (including phenoxy) is 3. The smallest absolute Gasteiger partial charge is 0.203 e. The maximum Gasteiger partial charge on any atom is 0.203 e. The van der Waals surface area contributed by atoms with E-state index in [-0.39, 0.29) is 0 Å². The second-order valence-electron chi connectivity index (χ2n) is 7.44. The van der Waals surface area contributed by atoms with Gasteiger partial charge in [0.2, 0.25) is 5.75 Å². The number of thioether (sulfide) groups is 1. The zero-order valence-electron chi connectivity index (χ0n) is 18.9. The summed E-state index contributed by atoms with van der Waals surface area (Å²) in [7, 11) is 6.77. The Kier molecular flexibility index (Phi) is 8.76. The summed E-state index contributed by atoms with van der Waals surface area (Å²) in [5.74, 6) is 4.80. The van der Waals surface area contributed by atoms with E-state index in [1.54, 1.807) is 21.3 Å². The highest BCUT2D eigenvalue weighted by Crippen LogP contribution is 2.39. The Hall–Kier alpha value is -2.54. The molecule has 1 atom stereocenters. The Balaban J connectivity index is 1.51. The largest absolute Gasteiger partial charge is 0.493 e. The standard InChI is InChI=1S/C24H33N3O3S/c1-25-24(27-15-13-18(16-27)17-31-20-8-6-5-7-9-20)26-14-12-19-10-11-21(28-2)23(30-4)22(19)29-3/h5-11,18H,12-17H2,1-4H3,(H,25,26). The lowest BCUT2D eigenvalue weighted by Crippen LogP contribution is -2.41. The third-order valence-corrected chi connectivity index (χ3v) is 6.73. The second-order valence-corrected chi connectivity index (χ2v) is 8.54. The van der Waals surface area contributed by atoms with Crippen molar-refractivity contribution in [2.24, 2.45) is 10.9 Å². The first-order chi connectivity index (χ1) is 15.2. The molecule has 6 nitrogen and oxygen atoms in total. The number of aliphatic imine (C=N–C) groups is 1. The van der Waals surface area contributed by atoms with Gasteiger partial charge in [0, 0.05) is 42.9 Å². The molecule has 2 aromatic rings. The highest BCUT2D eigenvalue weighted by atomic mass is 32.2. The van der Waals surface area contributed by atoms with E-state index >= 15 is 0 Å². The van der Waals surface area contributed by atoms with Gasteiger partial charge in [0.05, 0.1) is 21.3 Å². The quantitative estimate of drug-likeness (QED) is 0.360. The predicted octanol–water partition coefficient (Wildman–Crippen LogP) is 3.94. The fraction of sp³-hybridized carbons (Fsp3) is 0.458. The van der Waals surface area contributed by atoms with Crippen LogP contribution >= 0.6 is 11.8 Å². The molecule has 1 aliphatic heterocycles. The van der Waals surface area contributed by atoms with Crippen molar-refractivity contribution in [2.75, 3.05) is 53.8 Å². The first kappa shape index (κ1) is 23.1. The zero-order chi connectivity index (χ0) is 22.1. The van der Waals surface area contributed by atoms with Gasteiger partial charge in [0.1, 0.15) is 0 Å². The van der Waals surface area contributed by atoms with Gasteiger partial charge in [-0.05, 0) is 37.0 Å². The Morgan fingerprint density at radius 2 is 1.84 bits per heavy atom. The van der Waals surface area contributed by atoms with Crippen molar-refractivity contribution < 1.29 is 14.2 Å². The number of likely N-dealkylation sites (tertiary alicyclic amines) is 1. The molecule has 2 aromatic carbocycles. The molecule has 0 aromatic heterocycles. The molecule has 1 fully saturated rings. The Morgan fingerprint density at radius 1 is 1.06 bits per heavy atom. The monoisotopic (exact) mass is 443 g/mol. The van der Waals surface area contributed by atoms with Crippen LogP contribution in [0.1, 0.15) is 12.0 Å². The topological polar surface area (TPSA) is 55.3 Å². The van der Waals surface area contributed by atoms with Crippen LogP contribution in [0, 0.1) is 5.92 Å². The molecule has 0 bridgehead atoms. The van der Waals surface area contributed by atoms with E-state index in [2.05, 4.69) is 45.5 Å². The Bertz CT molecular complexity index is 861. The predicted molar refractivity (Wildman–Crippen MR) is 128 cm³/mol. The molecule has 1 unspecified atom stereocenters. The molecule has 0 radical (unpaired) electrons.